The predicted octanol–water partition coefficient (Wildman–Crippen LogP) is 3.66. The summed E-state index contributed by atoms with van der Waals surface area (Å²) in [6, 6.07) is 9.70. The number of aromatic nitrogens is 2. The Bertz CT molecular complexity index is 1100. The molecular weight excluding hydrogens is 353 g/mol. The lowest BCUT2D eigenvalue weighted by Gasteiger charge is -2.27. The van der Waals surface area contributed by atoms with Crippen molar-refractivity contribution in [3.63, 3.8) is 0 Å². The molecule has 2 aromatic carbocycles. The molecule has 0 aliphatic heterocycles. The maximum absolute atomic E-state index is 13.5. The van der Waals surface area contributed by atoms with Gasteiger partial charge in [-0.25, -0.2) is 22.8 Å². The molecule has 1 heterocycles. The van der Waals surface area contributed by atoms with E-state index in [4.69, 9.17) is 0 Å². The summed E-state index contributed by atoms with van der Waals surface area (Å²) in [5.41, 5.74) is 2.73. The highest BCUT2D eigenvalue weighted by atomic mass is 32.2. The number of benzene rings is 2. The van der Waals surface area contributed by atoms with Crippen molar-refractivity contribution in [2.45, 2.75) is 30.2 Å². The highest BCUT2D eigenvalue weighted by molar-refractivity contribution is 7.90. The van der Waals surface area contributed by atoms with Gasteiger partial charge in [0.15, 0.2) is 9.84 Å². The quantitative estimate of drug-likeness (QED) is 0.761. The lowest BCUT2D eigenvalue weighted by atomic mass is 9.87. The monoisotopic (exact) mass is 371 g/mol. The van der Waals surface area contributed by atoms with Crippen molar-refractivity contribution in [1.29, 1.82) is 0 Å². The fourth-order valence-electron chi connectivity index (χ4n) is 3.48. The summed E-state index contributed by atoms with van der Waals surface area (Å²) in [5.74, 6) is 0.359. The number of nitrogens with zero attached hydrogens (tertiary/aromatic N) is 2. The van der Waals surface area contributed by atoms with Crippen LogP contribution in [0.15, 0.2) is 47.6 Å². The maximum Gasteiger partial charge on any atom is 0.175 e. The molecule has 0 spiro atoms. The number of halogens is 1. The van der Waals surface area contributed by atoms with Gasteiger partial charge < -0.3 is 5.32 Å². The van der Waals surface area contributed by atoms with E-state index in [9.17, 15) is 12.8 Å². The molecule has 7 heteroatoms. The van der Waals surface area contributed by atoms with Crippen LogP contribution in [0.4, 0.5) is 10.2 Å². The van der Waals surface area contributed by atoms with Gasteiger partial charge in [0.1, 0.15) is 18.0 Å². The van der Waals surface area contributed by atoms with Gasteiger partial charge in [-0.2, -0.15) is 0 Å². The zero-order chi connectivity index (χ0) is 18.3. The smallest absolute Gasteiger partial charge is 0.175 e. The minimum atomic E-state index is -3.32. The molecule has 0 saturated heterocycles. The first-order chi connectivity index (χ1) is 12.4. The molecule has 1 aliphatic carbocycles. The van der Waals surface area contributed by atoms with Crippen molar-refractivity contribution in [1.82, 2.24) is 9.97 Å². The highest BCUT2D eigenvalue weighted by Crippen LogP contribution is 2.34. The van der Waals surface area contributed by atoms with E-state index in [1.807, 2.05) is 6.07 Å². The molecule has 4 rings (SSSR count). The molecule has 0 fully saturated rings. The Hall–Kier alpha value is -2.54. The Kier molecular flexibility index (Phi) is 4.11. The summed E-state index contributed by atoms with van der Waals surface area (Å²) in [7, 11) is -3.32. The molecule has 3 aromatic rings. The molecule has 5 nitrogen and oxygen atoms in total. The van der Waals surface area contributed by atoms with E-state index in [0.717, 1.165) is 30.4 Å². The van der Waals surface area contributed by atoms with E-state index in [1.54, 1.807) is 24.3 Å². The normalized spacial score (nSPS) is 17.1. The molecule has 0 unspecified atom stereocenters. The van der Waals surface area contributed by atoms with Gasteiger partial charge in [0.25, 0.3) is 0 Å². The zero-order valence-electron chi connectivity index (χ0n) is 14.2. The SMILES string of the molecule is CS(=O)(=O)c1ccc2ncnc(N[C@H]3CCCc4cc(F)ccc43)c2c1. The molecule has 0 bridgehead atoms. The number of sulfone groups is 1. The van der Waals surface area contributed by atoms with Gasteiger partial charge in [0, 0.05) is 11.6 Å². The van der Waals surface area contributed by atoms with Crippen LogP contribution in [0.25, 0.3) is 10.9 Å². The number of rotatable bonds is 3. The van der Waals surface area contributed by atoms with Gasteiger partial charge in [-0.05, 0) is 60.7 Å². The van der Waals surface area contributed by atoms with Crippen LogP contribution in [0.1, 0.15) is 30.0 Å². The first kappa shape index (κ1) is 16.9. The summed E-state index contributed by atoms with van der Waals surface area (Å²) < 4.78 is 37.3. The van der Waals surface area contributed by atoms with Crippen LogP contribution in [-0.4, -0.2) is 24.6 Å². The van der Waals surface area contributed by atoms with Crippen LogP contribution >= 0.6 is 0 Å². The second-order valence-corrected chi connectivity index (χ2v) is 8.62. The third-order valence-electron chi connectivity index (χ3n) is 4.77. The van der Waals surface area contributed by atoms with E-state index in [0.29, 0.717) is 16.7 Å². The van der Waals surface area contributed by atoms with Crippen molar-refractivity contribution in [3.05, 3.63) is 59.7 Å². The number of hydrogen-bond donors (Lipinski definition) is 1. The molecule has 1 aromatic heterocycles. The predicted molar refractivity (Wildman–Crippen MR) is 98.3 cm³/mol. The van der Waals surface area contributed by atoms with Crippen LogP contribution in [0.5, 0.6) is 0 Å². The molecule has 0 saturated carbocycles. The van der Waals surface area contributed by atoms with Gasteiger partial charge >= 0.3 is 0 Å². The lowest BCUT2D eigenvalue weighted by Crippen LogP contribution is -2.18. The number of hydrogen-bond acceptors (Lipinski definition) is 5. The Morgan fingerprint density at radius 2 is 2.00 bits per heavy atom. The van der Waals surface area contributed by atoms with Crippen LogP contribution in [0.2, 0.25) is 0 Å². The Balaban J connectivity index is 1.77. The van der Waals surface area contributed by atoms with Crippen LogP contribution < -0.4 is 5.32 Å². The van der Waals surface area contributed by atoms with Gasteiger partial charge in [-0.1, -0.05) is 6.07 Å². The second-order valence-electron chi connectivity index (χ2n) is 6.61. The van der Waals surface area contributed by atoms with Gasteiger partial charge in [-0.15, -0.1) is 0 Å². The summed E-state index contributed by atoms with van der Waals surface area (Å²) >= 11 is 0. The van der Waals surface area contributed by atoms with Crippen LogP contribution in [-0.2, 0) is 16.3 Å². The van der Waals surface area contributed by atoms with Crippen molar-refractivity contribution in [2.24, 2.45) is 0 Å². The van der Waals surface area contributed by atoms with Crippen molar-refractivity contribution in [2.75, 3.05) is 11.6 Å². The first-order valence-electron chi connectivity index (χ1n) is 8.41. The number of anilines is 1. The average molecular weight is 371 g/mol. The lowest BCUT2D eigenvalue weighted by molar-refractivity contribution is 0.582. The van der Waals surface area contributed by atoms with Crippen molar-refractivity contribution >= 4 is 26.6 Å². The molecule has 26 heavy (non-hydrogen) atoms. The van der Waals surface area contributed by atoms with E-state index in [1.165, 1.54) is 18.6 Å². The van der Waals surface area contributed by atoms with E-state index < -0.39 is 9.84 Å². The number of nitrogens with one attached hydrogen (secondary N) is 1. The van der Waals surface area contributed by atoms with Gasteiger partial charge in [-0.3, -0.25) is 0 Å². The Labute approximate surface area is 151 Å². The minimum absolute atomic E-state index is 0.000611. The van der Waals surface area contributed by atoms with Crippen LogP contribution in [0, 0.1) is 5.82 Å². The molecule has 1 N–H and O–H groups in total. The molecule has 0 radical (unpaired) electrons. The number of fused-ring (bicyclic) bond motifs is 2. The standard InChI is InChI=1S/C19H18FN3O2S/c1-26(24,25)14-6-8-17-16(10-14)19(22-11-21-17)23-18-4-2-3-12-9-13(20)5-7-15(12)18/h5-11,18H,2-4H2,1H3,(H,21,22,23)/t18-/m0/s1. The van der Waals surface area contributed by atoms with Crippen molar-refractivity contribution in [3.8, 4) is 0 Å². The molecule has 1 aliphatic rings. The highest BCUT2D eigenvalue weighted by Gasteiger charge is 2.22. The van der Waals surface area contributed by atoms with Crippen molar-refractivity contribution < 1.29 is 12.8 Å². The molecule has 134 valence electrons. The largest absolute Gasteiger partial charge is 0.363 e. The molecule has 0 amide bonds. The fraction of sp³-hybridized carbons (Fsp3) is 0.263. The second kappa shape index (κ2) is 6.32. The minimum Gasteiger partial charge on any atom is -0.363 e. The van der Waals surface area contributed by atoms with E-state index in [-0.39, 0.29) is 16.8 Å². The summed E-state index contributed by atoms with van der Waals surface area (Å²) in [4.78, 5) is 8.77. The van der Waals surface area contributed by atoms with Crippen LogP contribution in [0.3, 0.4) is 0 Å². The summed E-state index contributed by atoms with van der Waals surface area (Å²) in [5, 5.41) is 4.07. The van der Waals surface area contributed by atoms with Gasteiger partial charge in [0.2, 0.25) is 0 Å². The first-order valence-corrected chi connectivity index (χ1v) is 10.3. The fourth-order valence-corrected chi connectivity index (χ4v) is 4.13. The number of aryl methyl sites for hydroxylation is 1. The Morgan fingerprint density at radius 3 is 2.81 bits per heavy atom. The third kappa shape index (κ3) is 3.14. The van der Waals surface area contributed by atoms with E-state index in [2.05, 4.69) is 15.3 Å². The zero-order valence-corrected chi connectivity index (χ0v) is 15.1. The van der Waals surface area contributed by atoms with Gasteiger partial charge in [0.05, 0.1) is 16.5 Å². The molecule has 1 atom stereocenters. The topological polar surface area (TPSA) is 72.0 Å². The Morgan fingerprint density at radius 1 is 1.15 bits per heavy atom. The molecular formula is C19H18FN3O2S. The maximum atomic E-state index is 13.5. The average Bonchev–Trinajstić information content (AvgIpc) is 2.61. The summed E-state index contributed by atoms with van der Waals surface area (Å²) in [6.45, 7) is 0. The third-order valence-corrected chi connectivity index (χ3v) is 5.88. The summed E-state index contributed by atoms with van der Waals surface area (Å²) in [6.07, 6.45) is 5.34. The van der Waals surface area contributed by atoms with E-state index >= 15 is 0 Å².